The molecule has 0 aliphatic carbocycles. The fraction of sp³-hybridized carbons (Fsp3) is 0.500. The highest BCUT2D eigenvalue weighted by Crippen LogP contribution is 2.10. The van der Waals surface area contributed by atoms with Crippen LogP contribution in [0.3, 0.4) is 0 Å². The third-order valence-corrected chi connectivity index (χ3v) is 2.06. The number of nitrogens with zero attached hydrogens (tertiary/aromatic N) is 2. The second kappa shape index (κ2) is 4.10. The van der Waals surface area contributed by atoms with E-state index in [1.807, 2.05) is 6.92 Å². The third-order valence-electron chi connectivity index (χ3n) is 1.19. The van der Waals surface area contributed by atoms with Crippen LogP contribution in [0.5, 0.6) is 0 Å². The van der Waals surface area contributed by atoms with Gasteiger partial charge in [0.15, 0.2) is 0 Å². The first-order chi connectivity index (χ1) is 5.72. The van der Waals surface area contributed by atoms with Crippen molar-refractivity contribution in [2.75, 3.05) is 5.75 Å². The molecule has 1 heterocycles. The lowest BCUT2D eigenvalue weighted by atomic mass is 10.5. The van der Waals surface area contributed by atoms with Crippen molar-refractivity contribution in [3.63, 3.8) is 0 Å². The van der Waals surface area contributed by atoms with E-state index in [1.165, 1.54) is 11.8 Å². The van der Waals surface area contributed by atoms with Gasteiger partial charge < -0.3 is 5.73 Å². The number of thioether (sulfide) groups is 1. The van der Waals surface area contributed by atoms with Gasteiger partial charge in [0.25, 0.3) is 0 Å². The minimum Gasteiger partial charge on any atom is -0.369 e. The summed E-state index contributed by atoms with van der Waals surface area (Å²) in [5.74, 6) is 0.686. The molecule has 1 amide bonds. The molecule has 1 rings (SSSR count). The van der Waals surface area contributed by atoms with E-state index in [-0.39, 0.29) is 11.7 Å². The molecule has 0 aromatic carbocycles. The van der Waals surface area contributed by atoms with Crippen LogP contribution in [0.25, 0.3) is 0 Å². The van der Waals surface area contributed by atoms with Gasteiger partial charge in [-0.1, -0.05) is 18.7 Å². The van der Waals surface area contributed by atoms with E-state index in [9.17, 15) is 4.79 Å². The predicted octanol–water partition coefficient (Wildman–Crippen LogP) is -0.0555. The molecular weight excluding hydrogens is 176 g/mol. The van der Waals surface area contributed by atoms with Crippen LogP contribution < -0.4 is 5.73 Å². The van der Waals surface area contributed by atoms with Crippen LogP contribution in [0, 0.1) is 0 Å². The molecule has 66 valence electrons. The molecule has 0 bridgehead atoms. The summed E-state index contributed by atoms with van der Waals surface area (Å²) in [7, 11) is 0. The zero-order valence-corrected chi connectivity index (χ0v) is 7.52. The van der Waals surface area contributed by atoms with Gasteiger partial charge in [0.05, 0.1) is 5.75 Å². The highest BCUT2D eigenvalue weighted by atomic mass is 32.2. The number of aryl methyl sites for hydroxylation is 1. The quantitative estimate of drug-likeness (QED) is 0.645. The zero-order chi connectivity index (χ0) is 8.97. The summed E-state index contributed by atoms with van der Waals surface area (Å²) in [5, 5.41) is 7.20. The van der Waals surface area contributed by atoms with Crippen LogP contribution in [0.2, 0.25) is 0 Å². The fourth-order valence-electron chi connectivity index (χ4n) is 0.636. The van der Waals surface area contributed by atoms with Gasteiger partial charge in [-0.2, -0.15) is 0 Å². The maximum Gasteiger partial charge on any atom is 0.227 e. The lowest BCUT2D eigenvalue weighted by Crippen LogP contribution is -2.13. The van der Waals surface area contributed by atoms with Crippen LogP contribution >= 0.6 is 11.8 Å². The Morgan fingerprint density at radius 3 is 3.00 bits per heavy atom. The van der Waals surface area contributed by atoms with E-state index in [1.54, 1.807) is 0 Å². The molecule has 5 nitrogen and oxygen atoms in total. The van der Waals surface area contributed by atoms with Crippen molar-refractivity contribution < 1.29 is 4.79 Å². The first kappa shape index (κ1) is 9.05. The summed E-state index contributed by atoms with van der Waals surface area (Å²) in [6, 6.07) is 0. The smallest absolute Gasteiger partial charge is 0.227 e. The number of hydrogen-bond acceptors (Lipinski definition) is 4. The van der Waals surface area contributed by atoms with Crippen molar-refractivity contribution in [3.05, 3.63) is 5.82 Å². The molecule has 0 radical (unpaired) electrons. The first-order valence-electron chi connectivity index (χ1n) is 3.54. The monoisotopic (exact) mass is 186 g/mol. The zero-order valence-electron chi connectivity index (χ0n) is 6.70. The number of nitrogens with two attached hydrogens (primary N) is 1. The van der Waals surface area contributed by atoms with Gasteiger partial charge in [-0.05, 0) is 0 Å². The molecule has 0 aliphatic heterocycles. The fourth-order valence-corrected chi connectivity index (χ4v) is 1.19. The number of aromatic amines is 1. The van der Waals surface area contributed by atoms with E-state index >= 15 is 0 Å². The number of amides is 1. The van der Waals surface area contributed by atoms with Crippen molar-refractivity contribution in [2.24, 2.45) is 5.73 Å². The molecule has 0 unspecified atom stereocenters. The molecule has 0 saturated carbocycles. The van der Waals surface area contributed by atoms with Crippen LogP contribution in [-0.2, 0) is 11.2 Å². The minimum atomic E-state index is -0.358. The van der Waals surface area contributed by atoms with E-state index in [0.717, 1.165) is 12.2 Å². The number of primary amides is 1. The molecule has 1 aromatic heterocycles. The summed E-state index contributed by atoms with van der Waals surface area (Å²) < 4.78 is 0. The lowest BCUT2D eigenvalue weighted by molar-refractivity contribution is -0.115. The summed E-state index contributed by atoms with van der Waals surface area (Å²) >= 11 is 1.24. The summed E-state index contributed by atoms with van der Waals surface area (Å²) in [5.41, 5.74) is 4.95. The minimum absolute atomic E-state index is 0.223. The number of rotatable bonds is 4. The normalized spacial score (nSPS) is 10.1. The molecule has 0 spiro atoms. The predicted molar refractivity (Wildman–Crippen MR) is 45.7 cm³/mol. The highest BCUT2D eigenvalue weighted by molar-refractivity contribution is 7.99. The van der Waals surface area contributed by atoms with Crippen molar-refractivity contribution in [1.29, 1.82) is 0 Å². The van der Waals surface area contributed by atoms with E-state index in [2.05, 4.69) is 15.2 Å². The molecule has 12 heavy (non-hydrogen) atoms. The number of hydrogen-bond donors (Lipinski definition) is 2. The number of carbonyl (C=O) groups is 1. The Hall–Kier alpha value is -1.04. The Labute approximate surface area is 74.1 Å². The summed E-state index contributed by atoms with van der Waals surface area (Å²) in [6.45, 7) is 1.98. The lowest BCUT2D eigenvalue weighted by Gasteiger charge is -1.88. The Kier molecular flexibility index (Phi) is 3.09. The van der Waals surface area contributed by atoms with Gasteiger partial charge in [0.1, 0.15) is 5.82 Å². The average molecular weight is 186 g/mol. The molecule has 0 atom stereocenters. The first-order valence-corrected chi connectivity index (χ1v) is 4.53. The van der Waals surface area contributed by atoms with Gasteiger partial charge in [0, 0.05) is 6.42 Å². The maximum absolute atomic E-state index is 10.4. The summed E-state index contributed by atoms with van der Waals surface area (Å²) in [4.78, 5) is 14.5. The maximum atomic E-state index is 10.4. The largest absolute Gasteiger partial charge is 0.369 e. The molecule has 0 aliphatic rings. The van der Waals surface area contributed by atoms with Crippen molar-refractivity contribution in [1.82, 2.24) is 15.2 Å². The molecule has 3 N–H and O–H groups in total. The molecule has 0 saturated heterocycles. The average Bonchev–Trinajstić information content (AvgIpc) is 2.48. The second-order valence-corrected chi connectivity index (χ2v) is 3.12. The Morgan fingerprint density at radius 2 is 2.50 bits per heavy atom. The SMILES string of the molecule is CCc1nc(SCC(N)=O)n[nH]1. The molecule has 6 heteroatoms. The van der Waals surface area contributed by atoms with E-state index < -0.39 is 0 Å². The standard InChI is InChI=1S/C6H10N4OS/c1-2-5-8-6(10-9-5)12-3-4(7)11/h2-3H2,1H3,(H2,7,11)(H,8,9,10). The van der Waals surface area contributed by atoms with Gasteiger partial charge in [-0.15, -0.1) is 5.10 Å². The molecule has 1 aromatic rings. The Bertz CT molecular complexity index is 272. The second-order valence-electron chi connectivity index (χ2n) is 2.17. The highest BCUT2D eigenvalue weighted by Gasteiger charge is 2.03. The molecule has 0 fully saturated rings. The Balaban J connectivity index is 2.47. The number of H-pyrrole nitrogens is 1. The molecular formula is C6H10N4OS. The van der Waals surface area contributed by atoms with Gasteiger partial charge >= 0.3 is 0 Å². The Morgan fingerprint density at radius 1 is 1.75 bits per heavy atom. The van der Waals surface area contributed by atoms with Crippen molar-refractivity contribution >= 4 is 17.7 Å². The van der Waals surface area contributed by atoms with E-state index in [0.29, 0.717) is 5.16 Å². The van der Waals surface area contributed by atoms with E-state index in [4.69, 9.17) is 5.73 Å². The van der Waals surface area contributed by atoms with Crippen molar-refractivity contribution in [3.8, 4) is 0 Å². The van der Waals surface area contributed by atoms with Gasteiger partial charge in [-0.3, -0.25) is 9.89 Å². The van der Waals surface area contributed by atoms with Crippen LogP contribution in [-0.4, -0.2) is 26.8 Å². The number of carbonyl (C=O) groups excluding carboxylic acids is 1. The van der Waals surface area contributed by atoms with Crippen LogP contribution in [0.15, 0.2) is 5.16 Å². The topological polar surface area (TPSA) is 84.7 Å². The summed E-state index contributed by atoms with van der Waals surface area (Å²) in [6.07, 6.45) is 0.810. The van der Waals surface area contributed by atoms with Gasteiger partial charge in [-0.25, -0.2) is 4.98 Å². The number of nitrogens with one attached hydrogen (secondary N) is 1. The van der Waals surface area contributed by atoms with Gasteiger partial charge in [0.2, 0.25) is 11.1 Å². The van der Waals surface area contributed by atoms with Crippen molar-refractivity contribution in [2.45, 2.75) is 18.5 Å². The third kappa shape index (κ3) is 2.54. The van der Waals surface area contributed by atoms with Crippen LogP contribution in [0.1, 0.15) is 12.7 Å². The van der Waals surface area contributed by atoms with Crippen LogP contribution in [0.4, 0.5) is 0 Å². The number of aromatic nitrogens is 3.